The van der Waals surface area contributed by atoms with Crippen molar-refractivity contribution in [3.63, 3.8) is 0 Å². The molecule has 1 aromatic heterocycles. The zero-order valence-corrected chi connectivity index (χ0v) is 13.2. The Morgan fingerprint density at radius 2 is 2.40 bits per heavy atom. The second-order valence-electron chi connectivity index (χ2n) is 5.02. The first kappa shape index (κ1) is 15.1. The summed E-state index contributed by atoms with van der Waals surface area (Å²) in [6.07, 6.45) is 1.59. The van der Waals surface area contributed by atoms with E-state index >= 15 is 0 Å². The summed E-state index contributed by atoms with van der Waals surface area (Å²) >= 11 is 3.45. The number of aromatic nitrogens is 1. The van der Waals surface area contributed by atoms with Crippen LogP contribution in [0.4, 0.5) is 11.5 Å². The van der Waals surface area contributed by atoms with Crippen LogP contribution < -0.4 is 16.0 Å². The van der Waals surface area contributed by atoms with Crippen molar-refractivity contribution >= 4 is 33.3 Å². The number of ether oxygens (including phenoxy) is 1. The van der Waals surface area contributed by atoms with Gasteiger partial charge in [-0.3, -0.25) is 4.79 Å². The molecule has 1 aliphatic rings. The Labute approximate surface area is 126 Å². The molecular weight excluding hydrogens is 324 g/mol. The maximum Gasteiger partial charge on any atom is 0.245 e. The van der Waals surface area contributed by atoms with E-state index < -0.39 is 0 Å². The van der Waals surface area contributed by atoms with Crippen LogP contribution in [0.1, 0.15) is 13.8 Å². The zero-order chi connectivity index (χ0) is 14.7. The quantitative estimate of drug-likeness (QED) is 0.861. The highest BCUT2D eigenvalue weighted by atomic mass is 79.9. The molecule has 0 radical (unpaired) electrons. The molecule has 110 valence electrons. The van der Waals surface area contributed by atoms with Crippen molar-refractivity contribution in [3.05, 3.63) is 16.7 Å². The number of carbonyl (C=O) groups is 1. The van der Waals surface area contributed by atoms with Crippen LogP contribution in [0.15, 0.2) is 16.7 Å². The minimum Gasteiger partial charge on any atom is -0.397 e. The fourth-order valence-corrected chi connectivity index (χ4v) is 2.71. The number of anilines is 2. The van der Waals surface area contributed by atoms with Crippen LogP contribution in [0.5, 0.6) is 0 Å². The summed E-state index contributed by atoms with van der Waals surface area (Å²) in [4.78, 5) is 18.6. The molecule has 20 heavy (non-hydrogen) atoms. The monoisotopic (exact) mass is 342 g/mol. The van der Waals surface area contributed by atoms with Gasteiger partial charge in [0.1, 0.15) is 11.9 Å². The molecule has 0 aliphatic carbocycles. The van der Waals surface area contributed by atoms with E-state index in [-0.39, 0.29) is 18.0 Å². The summed E-state index contributed by atoms with van der Waals surface area (Å²) in [7, 11) is 0. The highest BCUT2D eigenvalue weighted by Gasteiger charge is 2.31. The van der Waals surface area contributed by atoms with Gasteiger partial charge in [0.15, 0.2) is 0 Å². The Bertz CT molecular complexity index is 495. The molecule has 1 fully saturated rings. The van der Waals surface area contributed by atoms with Crippen molar-refractivity contribution in [2.75, 3.05) is 30.4 Å². The molecule has 0 aromatic carbocycles. The van der Waals surface area contributed by atoms with E-state index in [9.17, 15) is 4.79 Å². The standard InChI is InChI=1S/C13H19BrN4O2/c1-8(2)17-13(19)11-7-20-4-3-18(11)12-10(14)5-9(15)6-16-12/h5-6,8,11H,3-4,7,15H2,1-2H3,(H,17,19). The molecule has 0 bridgehead atoms. The van der Waals surface area contributed by atoms with Crippen molar-refractivity contribution in [3.8, 4) is 0 Å². The number of amides is 1. The summed E-state index contributed by atoms with van der Waals surface area (Å²) in [6.45, 7) is 5.42. The molecule has 1 amide bonds. The number of morpholine rings is 1. The third kappa shape index (κ3) is 3.40. The van der Waals surface area contributed by atoms with Gasteiger partial charge >= 0.3 is 0 Å². The highest BCUT2D eigenvalue weighted by molar-refractivity contribution is 9.10. The predicted molar refractivity (Wildman–Crippen MR) is 81.6 cm³/mol. The van der Waals surface area contributed by atoms with Gasteiger partial charge in [-0.15, -0.1) is 0 Å². The van der Waals surface area contributed by atoms with Gasteiger partial charge in [0, 0.05) is 12.6 Å². The molecule has 3 N–H and O–H groups in total. The van der Waals surface area contributed by atoms with Crippen LogP contribution in [0.2, 0.25) is 0 Å². The third-order valence-electron chi connectivity index (χ3n) is 2.98. The van der Waals surface area contributed by atoms with Gasteiger partial charge in [0.2, 0.25) is 5.91 Å². The third-order valence-corrected chi connectivity index (χ3v) is 3.56. The number of nitrogen functional groups attached to an aromatic ring is 1. The van der Waals surface area contributed by atoms with Crippen LogP contribution in [0.3, 0.4) is 0 Å². The number of nitrogens with one attached hydrogen (secondary N) is 1. The number of hydrogen-bond donors (Lipinski definition) is 2. The Morgan fingerprint density at radius 3 is 3.05 bits per heavy atom. The first-order valence-corrected chi connectivity index (χ1v) is 7.34. The lowest BCUT2D eigenvalue weighted by molar-refractivity contribution is -0.125. The lowest BCUT2D eigenvalue weighted by Gasteiger charge is -2.36. The summed E-state index contributed by atoms with van der Waals surface area (Å²) in [5, 5.41) is 2.91. The molecule has 0 spiro atoms. The van der Waals surface area contributed by atoms with E-state index in [1.54, 1.807) is 12.3 Å². The van der Waals surface area contributed by atoms with Crippen molar-refractivity contribution in [2.45, 2.75) is 25.9 Å². The molecule has 1 saturated heterocycles. The molecule has 1 aromatic rings. The topological polar surface area (TPSA) is 80.5 Å². The molecule has 2 rings (SSSR count). The molecule has 0 saturated carbocycles. The van der Waals surface area contributed by atoms with E-state index in [2.05, 4.69) is 26.2 Å². The number of rotatable bonds is 3. The molecule has 2 heterocycles. The second-order valence-corrected chi connectivity index (χ2v) is 5.88. The summed E-state index contributed by atoms with van der Waals surface area (Å²) < 4.78 is 6.21. The number of carbonyl (C=O) groups excluding carboxylic acids is 1. The fourth-order valence-electron chi connectivity index (χ4n) is 2.11. The Kier molecular flexibility index (Phi) is 4.82. The Balaban J connectivity index is 2.24. The second kappa shape index (κ2) is 6.41. The van der Waals surface area contributed by atoms with E-state index in [1.807, 2.05) is 18.7 Å². The molecule has 1 aliphatic heterocycles. The van der Waals surface area contributed by atoms with Crippen molar-refractivity contribution in [1.29, 1.82) is 0 Å². The molecular formula is C13H19BrN4O2. The fraction of sp³-hybridized carbons (Fsp3) is 0.538. The number of nitrogens with two attached hydrogens (primary N) is 1. The number of halogens is 1. The van der Waals surface area contributed by atoms with Gasteiger partial charge in [-0.05, 0) is 35.8 Å². The van der Waals surface area contributed by atoms with Crippen molar-refractivity contribution < 1.29 is 9.53 Å². The van der Waals surface area contributed by atoms with Gasteiger partial charge in [0.25, 0.3) is 0 Å². The Morgan fingerprint density at radius 1 is 1.65 bits per heavy atom. The summed E-state index contributed by atoms with van der Waals surface area (Å²) in [5.41, 5.74) is 6.28. The van der Waals surface area contributed by atoms with Crippen molar-refractivity contribution in [2.24, 2.45) is 0 Å². The van der Waals surface area contributed by atoms with Gasteiger partial charge in [-0.2, -0.15) is 0 Å². The largest absolute Gasteiger partial charge is 0.397 e. The van der Waals surface area contributed by atoms with Crippen molar-refractivity contribution in [1.82, 2.24) is 10.3 Å². The highest BCUT2D eigenvalue weighted by Crippen LogP contribution is 2.28. The van der Waals surface area contributed by atoms with E-state index in [0.717, 1.165) is 4.47 Å². The first-order valence-electron chi connectivity index (χ1n) is 6.55. The molecule has 7 heteroatoms. The van der Waals surface area contributed by atoms with Crippen LogP contribution in [-0.2, 0) is 9.53 Å². The first-order chi connectivity index (χ1) is 9.49. The minimum atomic E-state index is -0.376. The number of pyridine rings is 1. The number of nitrogens with zero attached hydrogens (tertiary/aromatic N) is 2. The predicted octanol–water partition coefficient (Wildman–Crippen LogP) is 1.16. The van der Waals surface area contributed by atoms with E-state index in [0.29, 0.717) is 31.3 Å². The smallest absolute Gasteiger partial charge is 0.245 e. The van der Waals surface area contributed by atoms with Crippen LogP contribution in [0.25, 0.3) is 0 Å². The normalized spacial score (nSPS) is 19.2. The lowest BCUT2D eigenvalue weighted by atomic mass is 10.2. The summed E-state index contributed by atoms with van der Waals surface area (Å²) in [6, 6.07) is 1.50. The molecule has 6 nitrogen and oxygen atoms in total. The average Bonchev–Trinajstić information content (AvgIpc) is 2.38. The summed E-state index contributed by atoms with van der Waals surface area (Å²) in [5.74, 6) is 0.664. The average molecular weight is 343 g/mol. The Hall–Kier alpha value is -1.34. The SMILES string of the molecule is CC(C)NC(=O)C1COCCN1c1ncc(N)cc1Br. The van der Waals surface area contributed by atoms with Gasteiger partial charge in [-0.25, -0.2) is 4.98 Å². The van der Waals surface area contributed by atoms with Gasteiger partial charge in [-0.1, -0.05) is 0 Å². The molecule has 1 atom stereocenters. The zero-order valence-electron chi connectivity index (χ0n) is 11.6. The minimum absolute atomic E-state index is 0.0507. The van der Waals surface area contributed by atoms with E-state index in [4.69, 9.17) is 10.5 Å². The lowest BCUT2D eigenvalue weighted by Crippen LogP contribution is -2.55. The molecule has 1 unspecified atom stereocenters. The van der Waals surface area contributed by atoms with E-state index in [1.165, 1.54) is 0 Å². The number of hydrogen-bond acceptors (Lipinski definition) is 5. The van der Waals surface area contributed by atoms with Crippen LogP contribution in [-0.4, -0.2) is 42.7 Å². The maximum absolute atomic E-state index is 12.3. The van der Waals surface area contributed by atoms with Crippen LogP contribution in [0, 0.1) is 0 Å². The van der Waals surface area contributed by atoms with Gasteiger partial charge in [0.05, 0.1) is 29.6 Å². The van der Waals surface area contributed by atoms with Gasteiger partial charge < -0.3 is 20.7 Å². The maximum atomic E-state index is 12.3. The van der Waals surface area contributed by atoms with Crippen LogP contribution >= 0.6 is 15.9 Å².